The van der Waals surface area contributed by atoms with Crippen LogP contribution in [0.4, 0.5) is 10.5 Å². The van der Waals surface area contributed by atoms with Crippen molar-refractivity contribution in [3.05, 3.63) is 29.8 Å². The molecule has 2 heterocycles. The number of carbonyl (C=O) groups excluding carboxylic acids is 2. The summed E-state index contributed by atoms with van der Waals surface area (Å²) >= 11 is 0. The molecule has 0 saturated carbocycles. The molecule has 27 heavy (non-hydrogen) atoms. The third kappa shape index (κ3) is 5.01. The van der Waals surface area contributed by atoms with Crippen LogP contribution in [0.3, 0.4) is 0 Å². The Hall–Kier alpha value is -2.08. The molecule has 0 aliphatic carbocycles. The molecule has 6 nitrogen and oxygen atoms in total. The number of aryl methyl sites for hydroxylation is 1. The fraction of sp³-hybridized carbons (Fsp3) is 0.619. The summed E-state index contributed by atoms with van der Waals surface area (Å²) in [5, 5.41) is 5.93. The zero-order valence-corrected chi connectivity index (χ0v) is 16.4. The second-order valence-electron chi connectivity index (χ2n) is 7.72. The van der Waals surface area contributed by atoms with Gasteiger partial charge in [-0.2, -0.15) is 0 Å². The highest BCUT2D eigenvalue weighted by atomic mass is 16.5. The number of hydrogen-bond donors (Lipinski definition) is 2. The number of carbonyl (C=O) groups is 2. The molecule has 3 rings (SSSR count). The monoisotopic (exact) mass is 373 g/mol. The van der Waals surface area contributed by atoms with Crippen molar-refractivity contribution in [2.24, 2.45) is 0 Å². The molecule has 1 aromatic carbocycles. The van der Waals surface area contributed by atoms with E-state index in [4.69, 9.17) is 4.74 Å². The standard InChI is InChI=1S/C21H31N3O3/c1-3-6-17-7-4-5-8-19(17)23-20(26)24-13-11-21(12-14-24)10-9-18(27-21)15-22-16(2)25/h4-5,7-8,18H,3,6,9-15H2,1-2H3,(H,22,25)(H,23,26)/t18-/m1/s1. The SMILES string of the molecule is CCCc1ccccc1NC(=O)N1CCC2(CC[C@H](CNC(C)=O)O2)CC1. The quantitative estimate of drug-likeness (QED) is 0.832. The average Bonchev–Trinajstić information content (AvgIpc) is 3.05. The summed E-state index contributed by atoms with van der Waals surface area (Å²) < 4.78 is 6.26. The third-order valence-electron chi connectivity index (χ3n) is 5.66. The van der Waals surface area contributed by atoms with Crippen molar-refractivity contribution in [1.29, 1.82) is 0 Å². The molecule has 2 aliphatic rings. The number of likely N-dealkylation sites (tertiary alicyclic amines) is 1. The van der Waals surface area contributed by atoms with E-state index in [1.807, 2.05) is 23.1 Å². The number of hydrogen-bond acceptors (Lipinski definition) is 3. The van der Waals surface area contributed by atoms with Crippen LogP contribution < -0.4 is 10.6 Å². The van der Waals surface area contributed by atoms with Gasteiger partial charge in [0.15, 0.2) is 0 Å². The number of anilines is 1. The van der Waals surface area contributed by atoms with Gasteiger partial charge in [0.25, 0.3) is 0 Å². The van der Waals surface area contributed by atoms with E-state index in [0.717, 1.165) is 44.2 Å². The zero-order valence-electron chi connectivity index (χ0n) is 16.4. The summed E-state index contributed by atoms with van der Waals surface area (Å²) in [6.07, 6.45) is 5.79. The van der Waals surface area contributed by atoms with Crippen molar-refractivity contribution in [2.75, 3.05) is 25.0 Å². The van der Waals surface area contributed by atoms with Gasteiger partial charge in [-0.1, -0.05) is 31.5 Å². The van der Waals surface area contributed by atoms with Crippen molar-refractivity contribution in [3.63, 3.8) is 0 Å². The fourth-order valence-corrected chi connectivity index (χ4v) is 4.11. The first-order valence-corrected chi connectivity index (χ1v) is 10.1. The van der Waals surface area contributed by atoms with Crippen molar-refractivity contribution >= 4 is 17.6 Å². The maximum atomic E-state index is 12.7. The summed E-state index contributed by atoms with van der Waals surface area (Å²) in [5.74, 6) is -0.0191. The highest BCUT2D eigenvalue weighted by Gasteiger charge is 2.43. The van der Waals surface area contributed by atoms with E-state index >= 15 is 0 Å². The maximum absolute atomic E-state index is 12.7. The van der Waals surface area contributed by atoms with Gasteiger partial charge in [0.05, 0.1) is 11.7 Å². The molecule has 3 amide bonds. The van der Waals surface area contributed by atoms with E-state index in [2.05, 4.69) is 23.6 Å². The Labute approximate surface area is 161 Å². The number of nitrogens with zero attached hydrogens (tertiary/aromatic N) is 1. The van der Waals surface area contributed by atoms with Crippen molar-refractivity contribution in [1.82, 2.24) is 10.2 Å². The van der Waals surface area contributed by atoms with E-state index in [9.17, 15) is 9.59 Å². The minimum atomic E-state index is -0.125. The molecule has 2 aliphatic heterocycles. The van der Waals surface area contributed by atoms with Crippen molar-refractivity contribution < 1.29 is 14.3 Å². The predicted molar refractivity (Wildman–Crippen MR) is 106 cm³/mol. The van der Waals surface area contributed by atoms with Crippen molar-refractivity contribution in [2.45, 2.75) is 64.1 Å². The lowest BCUT2D eigenvalue weighted by atomic mass is 9.88. The Balaban J connectivity index is 1.51. The number of amides is 3. The lowest BCUT2D eigenvalue weighted by Gasteiger charge is -2.39. The number of piperidine rings is 1. The Morgan fingerprint density at radius 2 is 1.96 bits per heavy atom. The van der Waals surface area contributed by atoms with Crippen LogP contribution in [0.5, 0.6) is 0 Å². The highest BCUT2D eigenvalue weighted by molar-refractivity contribution is 5.90. The number of rotatable bonds is 5. The molecule has 1 atom stereocenters. The Bertz CT molecular complexity index is 668. The molecule has 0 aromatic heterocycles. The van der Waals surface area contributed by atoms with Gasteiger partial charge < -0.3 is 20.3 Å². The molecule has 1 aromatic rings. The predicted octanol–water partition coefficient (Wildman–Crippen LogP) is 3.32. The van der Waals surface area contributed by atoms with Crippen LogP contribution >= 0.6 is 0 Å². The molecule has 2 fully saturated rings. The summed E-state index contributed by atoms with van der Waals surface area (Å²) in [6.45, 7) is 5.66. The van der Waals surface area contributed by atoms with Gasteiger partial charge in [-0.05, 0) is 43.7 Å². The van der Waals surface area contributed by atoms with Gasteiger partial charge in [-0.3, -0.25) is 4.79 Å². The third-order valence-corrected chi connectivity index (χ3v) is 5.66. The van der Waals surface area contributed by atoms with Crippen LogP contribution in [0.1, 0.15) is 51.5 Å². The lowest BCUT2D eigenvalue weighted by Crippen LogP contribution is -2.48. The van der Waals surface area contributed by atoms with E-state index in [1.54, 1.807) is 0 Å². The Morgan fingerprint density at radius 3 is 2.67 bits per heavy atom. The maximum Gasteiger partial charge on any atom is 0.321 e. The minimum Gasteiger partial charge on any atom is -0.370 e. The zero-order chi connectivity index (χ0) is 19.3. The van der Waals surface area contributed by atoms with Gasteiger partial charge >= 0.3 is 6.03 Å². The first-order chi connectivity index (χ1) is 13.0. The Morgan fingerprint density at radius 1 is 1.22 bits per heavy atom. The number of urea groups is 1. The molecule has 0 bridgehead atoms. The van der Waals surface area contributed by atoms with Gasteiger partial charge in [0.1, 0.15) is 0 Å². The highest BCUT2D eigenvalue weighted by Crippen LogP contribution is 2.38. The first kappa shape index (κ1) is 19.7. The number of nitrogens with one attached hydrogen (secondary N) is 2. The second kappa shape index (κ2) is 8.74. The van der Waals surface area contributed by atoms with Crippen LogP contribution in [-0.4, -0.2) is 48.2 Å². The van der Waals surface area contributed by atoms with Crippen molar-refractivity contribution in [3.8, 4) is 0 Å². The molecule has 0 unspecified atom stereocenters. The van der Waals surface area contributed by atoms with Crippen LogP contribution in [0.15, 0.2) is 24.3 Å². The average molecular weight is 373 g/mol. The van der Waals surface area contributed by atoms with Gasteiger partial charge in [-0.15, -0.1) is 0 Å². The smallest absolute Gasteiger partial charge is 0.321 e. The normalized spacial score (nSPS) is 21.3. The minimum absolute atomic E-state index is 0.0191. The summed E-state index contributed by atoms with van der Waals surface area (Å²) in [4.78, 5) is 25.7. The molecular formula is C21H31N3O3. The van der Waals surface area contributed by atoms with E-state index in [1.165, 1.54) is 12.5 Å². The second-order valence-corrected chi connectivity index (χ2v) is 7.72. The van der Waals surface area contributed by atoms with E-state index in [-0.39, 0.29) is 23.6 Å². The van der Waals surface area contributed by atoms with Gasteiger partial charge in [-0.25, -0.2) is 4.79 Å². The van der Waals surface area contributed by atoms with Gasteiger partial charge in [0, 0.05) is 32.2 Å². The first-order valence-electron chi connectivity index (χ1n) is 10.1. The molecule has 148 valence electrons. The van der Waals surface area contributed by atoms with Crippen LogP contribution in [0, 0.1) is 0 Å². The molecule has 6 heteroatoms. The van der Waals surface area contributed by atoms with Crippen LogP contribution in [0.2, 0.25) is 0 Å². The molecule has 1 spiro atoms. The summed E-state index contributed by atoms with van der Waals surface area (Å²) in [6, 6.07) is 8.00. The summed E-state index contributed by atoms with van der Waals surface area (Å²) in [7, 11) is 0. The largest absolute Gasteiger partial charge is 0.370 e. The van der Waals surface area contributed by atoms with Crippen LogP contribution in [0.25, 0.3) is 0 Å². The molecule has 0 radical (unpaired) electrons. The number of para-hydroxylation sites is 1. The van der Waals surface area contributed by atoms with Gasteiger partial charge in [0.2, 0.25) is 5.91 Å². The van der Waals surface area contributed by atoms with E-state index in [0.29, 0.717) is 19.6 Å². The number of ether oxygens (including phenoxy) is 1. The van der Waals surface area contributed by atoms with Crippen LogP contribution in [-0.2, 0) is 16.0 Å². The Kier molecular flexibility index (Phi) is 6.37. The lowest BCUT2D eigenvalue weighted by molar-refractivity contribution is -0.120. The fourth-order valence-electron chi connectivity index (χ4n) is 4.11. The topological polar surface area (TPSA) is 70.7 Å². The van der Waals surface area contributed by atoms with E-state index < -0.39 is 0 Å². The summed E-state index contributed by atoms with van der Waals surface area (Å²) in [5.41, 5.74) is 1.97. The molecule has 2 N–H and O–H groups in total. The molecule has 2 saturated heterocycles. The molecular weight excluding hydrogens is 342 g/mol. The number of benzene rings is 1.